The van der Waals surface area contributed by atoms with E-state index in [0.717, 1.165) is 6.42 Å². The fraction of sp³-hybridized carbons (Fsp3) is 0.917. The summed E-state index contributed by atoms with van der Waals surface area (Å²) in [6.45, 7) is 12.7. The molecule has 0 aromatic rings. The van der Waals surface area contributed by atoms with Gasteiger partial charge < -0.3 is 4.74 Å². The number of halogens is 1. The number of rotatable bonds is 5. The fourth-order valence-electron chi connectivity index (χ4n) is 1.69. The highest BCUT2D eigenvalue weighted by molar-refractivity contribution is 6.61. The molecule has 0 radical (unpaired) electrons. The van der Waals surface area contributed by atoms with Gasteiger partial charge in [-0.3, -0.25) is 0 Å². The normalized spacial score (nSPS) is 16.3. The highest BCUT2D eigenvalue weighted by atomic mass is 35.5. The van der Waals surface area contributed by atoms with Gasteiger partial charge in [-0.25, -0.2) is 4.79 Å². The molecular weight excluding hydrogens is 212 g/mol. The first kappa shape index (κ1) is 14.8. The van der Waals surface area contributed by atoms with Crippen LogP contribution < -0.4 is 0 Å². The average molecular weight is 235 g/mol. The quantitative estimate of drug-likeness (QED) is 0.657. The van der Waals surface area contributed by atoms with Crippen molar-refractivity contribution in [2.24, 2.45) is 17.3 Å². The van der Waals surface area contributed by atoms with Crippen molar-refractivity contribution in [1.29, 1.82) is 0 Å². The molecule has 0 amide bonds. The SMILES string of the molecule is CCC(C)(C)[C@H](C)[C@H](OC(=O)Cl)C(C)C. The van der Waals surface area contributed by atoms with Crippen molar-refractivity contribution in [3.63, 3.8) is 0 Å². The second-order valence-electron chi connectivity index (χ2n) is 5.19. The van der Waals surface area contributed by atoms with Crippen LogP contribution in [0.1, 0.15) is 48.0 Å². The maximum Gasteiger partial charge on any atom is 0.404 e. The third-order valence-electron chi connectivity index (χ3n) is 3.52. The molecule has 90 valence electrons. The van der Waals surface area contributed by atoms with Crippen LogP contribution >= 0.6 is 11.6 Å². The second kappa shape index (κ2) is 5.74. The maximum atomic E-state index is 10.8. The van der Waals surface area contributed by atoms with Crippen molar-refractivity contribution < 1.29 is 9.53 Å². The predicted molar refractivity (Wildman–Crippen MR) is 64.2 cm³/mol. The van der Waals surface area contributed by atoms with E-state index in [4.69, 9.17) is 16.3 Å². The van der Waals surface area contributed by atoms with Crippen LogP contribution in [-0.2, 0) is 4.74 Å². The van der Waals surface area contributed by atoms with Crippen LogP contribution in [0.5, 0.6) is 0 Å². The van der Waals surface area contributed by atoms with Crippen LogP contribution in [0.15, 0.2) is 0 Å². The summed E-state index contributed by atoms with van der Waals surface area (Å²) in [7, 11) is 0. The van der Waals surface area contributed by atoms with E-state index in [2.05, 4.69) is 27.7 Å². The number of ether oxygens (including phenoxy) is 1. The van der Waals surface area contributed by atoms with E-state index in [0.29, 0.717) is 5.92 Å². The first-order valence-electron chi connectivity index (χ1n) is 5.58. The van der Waals surface area contributed by atoms with Crippen molar-refractivity contribution in [2.45, 2.75) is 54.1 Å². The molecule has 0 N–H and O–H groups in total. The van der Waals surface area contributed by atoms with Crippen molar-refractivity contribution in [1.82, 2.24) is 0 Å². The topological polar surface area (TPSA) is 26.3 Å². The van der Waals surface area contributed by atoms with E-state index in [1.165, 1.54) is 0 Å². The smallest absolute Gasteiger partial charge is 0.404 e. The van der Waals surface area contributed by atoms with Crippen LogP contribution in [0.25, 0.3) is 0 Å². The maximum absolute atomic E-state index is 10.8. The average Bonchev–Trinajstić information content (AvgIpc) is 2.12. The molecule has 15 heavy (non-hydrogen) atoms. The minimum Gasteiger partial charge on any atom is -0.450 e. The van der Waals surface area contributed by atoms with Gasteiger partial charge in [0.25, 0.3) is 0 Å². The lowest BCUT2D eigenvalue weighted by atomic mass is 9.72. The molecule has 2 atom stereocenters. The van der Waals surface area contributed by atoms with E-state index in [1.807, 2.05) is 13.8 Å². The Kier molecular flexibility index (Phi) is 5.65. The highest BCUT2D eigenvalue weighted by Crippen LogP contribution is 2.36. The zero-order valence-corrected chi connectivity index (χ0v) is 11.4. The van der Waals surface area contributed by atoms with Crippen molar-refractivity contribution in [3.05, 3.63) is 0 Å². The molecule has 0 fully saturated rings. The molecule has 0 aromatic carbocycles. The van der Waals surface area contributed by atoms with Gasteiger partial charge in [-0.2, -0.15) is 0 Å². The summed E-state index contributed by atoms with van der Waals surface area (Å²) in [6.07, 6.45) is 0.946. The molecular formula is C12H23ClO2. The van der Waals surface area contributed by atoms with Gasteiger partial charge in [0.2, 0.25) is 0 Å². The number of hydrogen-bond acceptors (Lipinski definition) is 2. The summed E-state index contributed by atoms with van der Waals surface area (Å²) in [5, 5.41) is 0. The van der Waals surface area contributed by atoms with Crippen LogP contribution in [0.2, 0.25) is 0 Å². The van der Waals surface area contributed by atoms with E-state index >= 15 is 0 Å². The summed E-state index contributed by atoms with van der Waals surface area (Å²) in [5.74, 6) is 0.582. The van der Waals surface area contributed by atoms with E-state index in [1.54, 1.807) is 0 Å². The lowest BCUT2D eigenvalue weighted by Gasteiger charge is -2.37. The zero-order valence-electron chi connectivity index (χ0n) is 10.6. The number of carbonyl (C=O) groups is 1. The first-order chi connectivity index (χ1) is 6.72. The molecule has 3 heteroatoms. The van der Waals surface area contributed by atoms with E-state index < -0.39 is 5.43 Å². The van der Waals surface area contributed by atoms with Crippen molar-refractivity contribution in [2.75, 3.05) is 0 Å². The molecule has 0 bridgehead atoms. The third kappa shape index (κ3) is 4.42. The Hall–Kier alpha value is -0.240. The Bertz CT molecular complexity index is 212. The Balaban J connectivity index is 4.69. The Morgan fingerprint density at radius 1 is 1.33 bits per heavy atom. The molecule has 2 nitrogen and oxygen atoms in total. The molecule has 0 spiro atoms. The van der Waals surface area contributed by atoms with Crippen molar-refractivity contribution >= 4 is 17.0 Å². The number of carbonyl (C=O) groups excluding carboxylic acids is 1. The summed E-state index contributed by atoms with van der Waals surface area (Å²) < 4.78 is 5.19. The summed E-state index contributed by atoms with van der Waals surface area (Å²) in [6, 6.07) is 0. The molecule has 0 heterocycles. The summed E-state index contributed by atoms with van der Waals surface area (Å²) in [5.41, 5.74) is -0.547. The van der Waals surface area contributed by atoms with Crippen LogP contribution in [0.4, 0.5) is 4.79 Å². The minimum absolute atomic E-state index is 0.107. The summed E-state index contributed by atoms with van der Waals surface area (Å²) >= 11 is 5.29. The summed E-state index contributed by atoms with van der Waals surface area (Å²) in [4.78, 5) is 10.8. The molecule has 0 aliphatic rings. The first-order valence-corrected chi connectivity index (χ1v) is 5.96. The zero-order chi connectivity index (χ0) is 12.2. The monoisotopic (exact) mass is 234 g/mol. The largest absolute Gasteiger partial charge is 0.450 e. The van der Waals surface area contributed by atoms with Gasteiger partial charge in [-0.1, -0.05) is 48.0 Å². The second-order valence-corrected chi connectivity index (χ2v) is 5.50. The molecule has 0 aliphatic carbocycles. The fourth-order valence-corrected chi connectivity index (χ4v) is 1.79. The predicted octanol–water partition coefficient (Wildman–Crippen LogP) is 4.46. The van der Waals surface area contributed by atoms with Gasteiger partial charge in [0, 0.05) is 11.6 Å². The molecule has 0 aliphatic heterocycles. The van der Waals surface area contributed by atoms with Gasteiger partial charge in [0.05, 0.1) is 0 Å². The molecule has 0 saturated carbocycles. The van der Waals surface area contributed by atoms with Crippen LogP contribution in [0.3, 0.4) is 0 Å². The number of hydrogen-bond donors (Lipinski definition) is 0. The Morgan fingerprint density at radius 2 is 1.80 bits per heavy atom. The molecule has 0 rings (SSSR count). The molecule has 0 saturated heterocycles. The van der Waals surface area contributed by atoms with Crippen molar-refractivity contribution in [3.8, 4) is 0 Å². The van der Waals surface area contributed by atoms with Gasteiger partial charge in [-0.05, 0) is 17.3 Å². The Labute approximate surface area is 98.3 Å². The van der Waals surface area contributed by atoms with E-state index in [-0.39, 0.29) is 17.4 Å². The van der Waals surface area contributed by atoms with Gasteiger partial charge in [0.15, 0.2) is 0 Å². The standard InChI is InChI=1S/C12H23ClO2/c1-7-12(5,6)9(4)10(8(2)3)15-11(13)14/h8-10H,7H2,1-6H3/t9-,10-/m1/s1. The van der Waals surface area contributed by atoms with E-state index in [9.17, 15) is 4.79 Å². The van der Waals surface area contributed by atoms with Crippen LogP contribution in [0, 0.1) is 17.3 Å². The Morgan fingerprint density at radius 3 is 2.07 bits per heavy atom. The van der Waals surface area contributed by atoms with Crippen LogP contribution in [-0.4, -0.2) is 11.5 Å². The van der Waals surface area contributed by atoms with Gasteiger partial charge in [0.1, 0.15) is 6.10 Å². The molecule has 0 aromatic heterocycles. The molecule has 0 unspecified atom stereocenters. The third-order valence-corrected chi connectivity index (χ3v) is 3.61. The van der Waals surface area contributed by atoms with Gasteiger partial charge in [-0.15, -0.1) is 0 Å². The van der Waals surface area contributed by atoms with Gasteiger partial charge >= 0.3 is 5.43 Å². The minimum atomic E-state index is -0.701. The highest BCUT2D eigenvalue weighted by Gasteiger charge is 2.34. The lowest BCUT2D eigenvalue weighted by molar-refractivity contribution is 0.00506. The lowest BCUT2D eigenvalue weighted by Crippen LogP contribution is -2.37.